The molecule has 2 heterocycles. The fourth-order valence-corrected chi connectivity index (χ4v) is 3.12. The van der Waals surface area contributed by atoms with Crippen molar-refractivity contribution in [3.63, 3.8) is 0 Å². The van der Waals surface area contributed by atoms with E-state index in [2.05, 4.69) is 59.5 Å². The Morgan fingerprint density at radius 1 is 1.27 bits per heavy atom. The van der Waals surface area contributed by atoms with Crippen molar-refractivity contribution < 1.29 is 0 Å². The average Bonchev–Trinajstić information content (AvgIpc) is 3.10. The van der Waals surface area contributed by atoms with Gasteiger partial charge in [0.2, 0.25) is 0 Å². The number of allylic oxidation sites excluding steroid dienone is 4. The second kappa shape index (κ2) is 5.99. The topological polar surface area (TPSA) is 40.7 Å². The SMILES string of the molecule is CCCCCC1(C)C=CC(c2cc3cc(NC)cnc3[nH]2)=C1. The zero-order chi connectivity index (χ0) is 15.6. The molecule has 116 valence electrons. The highest BCUT2D eigenvalue weighted by atomic mass is 14.9. The predicted molar refractivity (Wildman–Crippen MR) is 95.0 cm³/mol. The van der Waals surface area contributed by atoms with Crippen LogP contribution in [0.5, 0.6) is 0 Å². The molecule has 0 aliphatic heterocycles. The first kappa shape index (κ1) is 14.9. The number of H-pyrrole nitrogens is 1. The first-order valence-electron chi connectivity index (χ1n) is 8.22. The van der Waals surface area contributed by atoms with Crippen LogP contribution in [-0.2, 0) is 0 Å². The van der Waals surface area contributed by atoms with E-state index >= 15 is 0 Å². The van der Waals surface area contributed by atoms with Gasteiger partial charge in [0.15, 0.2) is 0 Å². The van der Waals surface area contributed by atoms with Crippen LogP contribution in [-0.4, -0.2) is 17.0 Å². The van der Waals surface area contributed by atoms with Crippen molar-refractivity contribution in [2.24, 2.45) is 5.41 Å². The second-order valence-electron chi connectivity index (χ2n) is 6.49. The molecule has 0 amide bonds. The summed E-state index contributed by atoms with van der Waals surface area (Å²) in [5.41, 5.74) is 4.63. The minimum absolute atomic E-state index is 0.200. The highest BCUT2D eigenvalue weighted by molar-refractivity contribution is 5.87. The van der Waals surface area contributed by atoms with Crippen molar-refractivity contribution >= 4 is 22.3 Å². The summed E-state index contributed by atoms with van der Waals surface area (Å²) in [5.74, 6) is 0. The Bertz CT molecular complexity index is 723. The van der Waals surface area contributed by atoms with Crippen LogP contribution in [0.4, 0.5) is 5.69 Å². The lowest BCUT2D eigenvalue weighted by molar-refractivity contribution is 0.471. The lowest BCUT2D eigenvalue weighted by Gasteiger charge is -2.18. The van der Waals surface area contributed by atoms with Gasteiger partial charge in [-0.25, -0.2) is 4.98 Å². The van der Waals surface area contributed by atoms with Gasteiger partial charge in [-0.3, -0.25) is 0 Å². The van der Waals surface area contributed by atoms with Crippen LogP contribution in [0.2, 0.25) is 0 Å². The van der Waals surface area contributed by atoms with Gasteiger partial charge in [-0.15, -0.1) is 0 Å². The smallest absolute Gasteiger partial charge is 0.137 e. The zero-order valence-electron chi connectivity index (χ0n) is 13.7. The van der Waals surface area contributed by atoms with Crippen LogP contribution in [0.3, 0.4) is 0 Å². The number of hydrogen-bond acceptors (Lipinski definition) is 2. The monoisotopic (exact) mass is 295 g/mol. The molecule has 0 fully saturated rings. The molecule has 0 bridgehead atoms. The summed E-state index contributed by atoms with van der Waals surface area (Å²) in [5, 5.41) is 4.28. The van der Waals surface area contributed by atoms with Crippen LogP contribution in [0.15, 0.2) is 36.6 Å². The fraction of sp³-hybridized carbons (Fsp3) is 0.421. The van der Waals surface area contributed by atoms with Crippen LogP contribution < -0.4 is 5.32 Å². The number of rotatable bonds is 6. The quantitative estimate of drug-likeness (QED) is 0.724. The maximum atomic E-state index is 4.47. The highest BCUT2D eigenvalue weighted by Gasteiger charge is 2.23. The van der Waals surface area contributed by atoms with Gasteiger partial charge in [0.25, 0.3) is 0 Å². The summed E-state index contributed by atoms with van der Waals surface area (Å²) in [6, 6.07) is 4.32. The normalized spacial score (nSPS) is 20.6. The van der Waals surface area contributed by atoms with Gasteiger partial charge >= 0.3 is 0 Å². The Morgan fingerprint density at radius 3 is 2.91 bits per heavy atom. The molecule has 3 heteroatoms. The van der Waals surface area contributed by atoms with Crippen molar-refractivity contribution in [3.05, 3.63) is 42.3 Å². The van der Waals surface area contributed by atoms with E-state index in [0.29, 0.717) is 0 Å². The Kier molecular flexibility index (Phi) is 4.06. The maximum absolute atomic E-state index is 4.47. The number of anilines is 1. The number of fused-ring (bicyclic) bond motifs is 1. The van der Waals surface area contributed by atoms with Gasteiger partial charge in [0, 0.05) is 23.5 Å². The van der Waals surface area contributed by atoms with E-state index in [4.69, 9.17) is 0 Å². The third-order valence-electron chi connectivity index (χ3n) is 4.52. The number of unbranched alkanes of at least 4 members (excludes halogenated alkanes) is 2. The number of nitrogens with zero attached hydrogens (tertiary/aromatic N) is 1. The molecule has 3 nitrogen and oxygen atoms in total. The molecule has 1 atom stereocenters. The minimum atomic E-state index is 0.200. The summed E-state index contributed by atoms with van der Waals surface area (Å²) in [6.45, 7) is 4.58. The van der Waals surface area contributed by atoms with Gasteiger partial charge in [-0.05, 0) is 24.1 Å². The third-order valence-corrected chi connectivity index (χ3v) is 4.52. The van der Waals surface area contributed by atoms with Crippen molar-refractivity contribution in [1.29, 1.82) is 0 Å². The molecule has 2 aromatic heterocycles. The number of hydrogen-bond donors (Lipinski definition) is 2. The minimum Gasteiger partial charge on any atom is -0.387 e. The molecule has 0 spiro atoms. The molecular weight excluding hydrogens is 270 g/mol. The van der Waals surface area contributed by atoms with Crippen molar-refractivity contribution in [1.82, 2.24) is 9.97 Å². The summed E-state index contributed by atoms with van der Waals surface area (Å²) >= 11 is 0. The van der Waals surface area contributed by atoms with E-state index in [9.17, 15) is 0 Å². The number of aromatic amines is 1. The van der Waals surface area contributed by atoms with E-state index in [1.165, 1.54) is 31.3 Å². The lowest BCUT2D eigenvalue weighted by Crippen LogP contribution is -2.06. The third kappa shape index (κ3) is 2.94. The maximum Gasteiger partial charge on any atom is 0.137 e. The van der Waals surface area contributed by atoms with Crippen LogP contribution >= 0.6 is 0 Å². The molecule has 2 aromatic rings. The van der Waals surface area contributed by atoms with Crippen molar-refractivity contribution in [3.8, 4) is 0 Å². The van der Waals surface area contributed by atoms with Gasteiger partial charge in [-0.1, -0.05) is 51.3 Å². The molecule has 0 saturated heterocycles. The molecule has 0 aromatic carbocycles. The average molecular weight is 295 g/mol. The van der Waals surface area contributed by atoms with Crippen molar-refractivity contribution in [2.45, 2.75) is 39.5 Å². The first-order chi connectivity index (χ1) is 10.6. The highest BCUT2D eigenvalue weighted by Crippen LogP contribution is 2.38. The van der Waals surface area contributed by atoms with E-state index in [0.717, 1.165) is 22.4 Å². The number of nitrogens with one attached hydrogen (secondary N) is 2. The molecule has 2 N–H and O–H groups in total. The van der Waals surface area contributed by atoms with Crippen LogP contribution in [0.1, 0.15) is 45.2 Å². The van der Waals surface area contributed by atoms with E-state index in [-0.39, 0.29) is 5.41 Å². The molecule has 1 aliphatic carbocycles. The van der Waals surface area contributed by atoms with E-state index in [1.54, 1.807) is 0 Å². The molecule has 22 heavy (non-hydrogen) atoms. The molecule has 0 radical (unpaired) electrons. The van der Waals surface area contributed by atoms with E-state index < -0.39 is 0 Å². The van der Waals surface area contributed by atoms with Crippen LogP contribution in [0.25, 0.3) is 16.6 Å². The molecule has 0 saturated carbocycles. The van der Waals surface area contributed by atoms with Gasteiger partial charge in [0.1, 0.15) is 5.65 Å². The predicted octanol–water partition coefficient (Wildman–Crippen LogP) is 5.14. The number of aromatic nitrogens is 2. The van der Waals surface area contributed by atoms with Crippen LogP contribution in [0, 0.1) is 5.41 Å². The second-order valence-corrected chi connectivity index (χ2v) is 6.49. The first-order valence-corrected chi connectivity index (χ1v) is 8.22. The van der Waals surface area contributed by atoms with Gasteiger partial charge in [0.05, 0.1) is 11.9 Å². The Labute approximate surface area is 132 Å². The standard InChI is InChI=1S/C19H25N3/c1-4-5-6-8-19(2)9-7-14(12-19)17-11-15-10-16(20-3)13-21-18(15)22-17/h7,9-13,20H,4-6,8H2,1-3H3,(H,21,22). The van der Waals surface area contributed by atoms with Crippen molar-refractivity contribution in [2.75, 3.05) is 12.4 Å². The largest absolute Gasteiger partial charge is 0.387 e. The van der Waals surface area contributed by atoms with Gasteiger partial charge in [-0.2, -0.15) is 0 Å². The summed E-state index contributed by atoms with van der Waals surface area (Å²) < 4.78 is 0. The summed E-state index contributed by atoms with van der Waals surface area (Å²) in [6.07, 6.45) is 14.0. The lowest BCUT2D eigenvalue weighted by atomic mass is 9.86. The van der Waals surface area contributed by atoms with Gasteiger partial charge < -0.3 is 10.3 Å². The molecular formula is C19H25N3. The molecule has 1 aliphatic rings. The molecule has 1 unspecified atom stereocenters. The Hall–Kier alpha value is -2.03. The Balaban J connectivity index is 1.84. The number of pyridine rings is 1. The fourth-order valence-electron chi connectivity index (χ4n) is 3.12. The Morgan fingerprint density at radius 2 is 2.14 bits per heavy atom. The summed E-state index contributed by atoms with van der Waals surface area (Å²) in [4.78, 5) is 7.91. The zero-order valence-corrected chi connectivity index (χ0v) is 13.7. The molecule has 3 rings (SSSR count). The van der Waals surface area contributed by atoms with E-state index in [1.807, 2.05) is 13.2 Å². The summed E-state index contributed by atoms with van der Waals surface area (Å²) in [7, 11) is 1.92.